The molecule has 3 N–H and O–H groups in total. The first-order valence-corrected chi connectivity index (χ1v) is 11.3. The van der Waals surface area contributed by atoms with Crippen molar-refractivity contribution in [2.75, 3.05) is 23.3 Å². The van der Waals surface area contributed by atoms with Crippen molar-refractivity contribution < 1.29 is 14.3 Å². The Bertz CT molecular complexity index is 1470. The fraction of sp³-hybridized carbons (Fsp3) is 0.280. The number of rotatable bonds is 5. The number of hydrogen-bond acceptors (Lipinski definition) is 6. The Hall–Kier alpha value is -4.21. The second-order valence-electron chi connectivity index (χ2n) is 9.17. The van der Waals surface area contributed by atoms with Gasteiger partial charge in [-0.2, -0.15) is 5.10 Å². The van der Waals surface area contributed by atoms with E-state index in [0.29, 0.717) is 40.9 Å². The summed E-state index contributed by atoms with van der Waals surface area (Å²) in [5.74, 6) is -0.836. The number of carboxylic acids is 1. The quantitative estimate of drug-likeness (QED) is 0.400. The molecular formula is C25H25FN6O3. The van der Waals surface area contributed by atoms with Gasteiger partial charge in [-0.25, -0.2) is 9.37 Å². The van der Waals surface area contributed by atoms with Crippen LogP contribution in [0.1, 0.15) is 19.8 Å². The van der Waals surface area contributed by atoms with Gasteiger partial charge in [0.1, 0.15) is 17.3 Å². The van der Waals surface area contributed by atoms with Crippen molar-refractivity contribution in [2.45, 2.75) is 19.8 Å². The van der Waals surface area contributed by atoms with Crippen LogP contribution in [0.25, 0.3) is 22.2 Å². The number of halogens is 1. The third kappa shape index (κ3) is 4.01. The molecule has 0 radical (unpaired) electrons. The number of carbonyl (C=O) groups is 1. The lowest BCUT2D eigenvalue weighted by atomic mass is 9.82. The maximum absolute atomic E-state index is 15.4. The number of aliphatic carboxylic acids is 1. The average Bonchev–Trinajstić information content (AvgIpc) is 3.38. The highest BCUT2D eigenvalue weighted by atomic mass is 19.1. The monoisotopic (exact) mass is 476 g/mol. The molecule has 0 saturated carbocycles. The topological polar surface area (TPSA) is 116 Å². The number of anilines is 3. The van der Waals surface area contributed by atoms with Gasteiger partial charge in [-0.15, -0.1) is 0 Å². The van der Waals surface area contributed by atoms with E-state index in [1.807, 2.05) is 11.0 Å². The maximum atomic E-state index is 15.4. The number of pyridine rings is 2. The molecular weight excluding hydrogens is 451 g/mol. The minimum absolute atomic E-state index is 0.192. The number of carboxylic acid groups (broad SMARTS) is 1. The summed E-state index contributed by atoms with van der Waals surface area (Å²) in [5, 5.41) is 19.5. The van der Waals surface area contributed by atoms with Crippen LogP contribution in [0.5, 0.6) is 0 Å². The van der Waals surface area contributed by atoms with Gasteiger partial charge in [0, 0.05) is 37.3 Å². The predicted octanol–water partition coefficient (Wildman–Crippen LogP) is 3.90. The molecule has 10 heteroatoms. The number of nitrogens with one attached hydrogen (secondary N) is 2. The number of piperidine rings is 1. The Balaban J connectivity index is 1.44. The Morgan fingerprint density at radius 3 is 2.77 bits per heavy atom. The highest BCUT2D eigenvalue weighted by Gasteiger charge is 2.38. The molecule has 1 aromatic carbocycles. The number of fused-ring (bicyclic) bond motifs is 1. The summed E-state index contributed by atoms with van der Waals surface area (Å²) < 4.78 is 16.8. The number of hydrogen-bond donors (Lipinski definition) is 3. The molecule has 4 heterocycles. The van der Waals surface area contributed by atoms with Crippen LogP contribution in [-0.4, -0.2) is 43.9 Å². The standard InChI is InChI=1S/C25H25FN6O3/c1-25(24(34)35)9-3-11-32(14-25)15-4-7-21(27-13-15)29-19-12-17-20(31(2)23(19)33)6-5-16(22(17)26)18-8-10-28-30-18/h4-8,10,12-13H,3,9,11,14H2,1-2H3,(H,27,29)(H,28,30)(H,34,35). The smallest absolute Gasteiger partial charge is 0.311 e. The van der Waals surface area contributed by atoms with Gasteiger partial charge in [0.2, 0.25) is 0 Å². The van der Waals surface area contributed by atoms with Crippen LogP contribution in [0.3, 0.4) is 0 Å². The van der Waals surface area contributed by atoms with Gasteiger partial charge in [0.25, 0.3) is 5.56 Å². The van der Waals surface area contributed by atoms with Crippen molar-refractivity contribution in [2.24, 2.45) is 12.5 Å². The predicted molar refractivity (Wildman–Crippen MR) is 131 cm³/mol. The molecule has 1 fully saturated rings. The zero-order chi connectivity index (χ0) is 24.7. The van der Waals surface area contributed by atoms with E-state index in [9.17, 15) is 14.7 Å². The van der Waals surface area contributed by atoms with Crippen LogP contribution in [0.4, 0.5) is 21.6 Å². The summed E-state index contributed by atoms with van der Waals surface area (Å²) in [7, 11) is 1.59. The molecule has 0 bridgehead atoms. The van der Waals surface area contributed by atoms with E-state index in [4.69, 9.17) is 0 Å². The minimum atomic E-state index is -0.802. The Morgan fingerprint density at radius 1 is 1.26 bits per heavy atom. The van der Waals surface area contributed by atoms with E-state index >= 15 is 4.39 Å². The molecule has 1 aliphatic heterocycles. The minimum Gasteiger partial charge on any atom is -0.481 e. The Labute approximate surface area is 200 Å². The second kappa shape index (κ2) is 8.53. The van der Waals surface area contributed by atoms with Gasteiger partial charge >= 0.3 is 5.97 Å². The molecule has 1 aliphatic rings. The van der Waals surface area contributed by atoms with Crippen molar-refractivity contribution in [1.82, 2.24) is 19.7 Å². The molecule has 1 atom stereocenters. The summed E-state index contributed by atoms with van der Waals surface area (Å²) in [4.78, 5) is 31.0. The van der Waals surface area contributed by atoms with E-state index < -0.39 is 17.2 Å². The fourth-order valence-corrected chi connectivity index (χ4v) is 4.63. The highest BCUT2D eigenvalue weighted by molar-refractivity contribution is 5.88. The van der Waals surface area contributed by atoms with Gasteiger partial charge in [-0.3, -0.25) is 14.7 Å². The normalized spacial score (nSPS) is 18.1. The molecule has 0 spiro atoms. The summed E-state index contributed by atoms with van der Waals surface area (Å²) in [6.45, 7) is 2.91. The van der Waals surface area contributed by atoms with Crippen molar-refractivity contribution >= 4 is 34.1 Å². The zero-order valence-electron chi connectivity index (χ0n) is 19.4. The maximum Gasteiger partial charge on any atom is 0.311 e. The summed E-state index contributed by atoms with van der Waals surface area (Å²) in [6.07, 6.45) is 4.62. The lowest BCUT2D eigenvalue weighted by molar-refractivity contribution is -0.148. The fourth-order valence-electron chi connectivity index (χ4n) is 4.63. The zero-order valence-corrected chi connectivity index (χ0v) is 19.4. The number of aryl methyl sites for hydroxylation is 1. The van der Waals surface area contributed by atoms with E-state index in [2.05, 4.69) is 20.5 Å². The number of aromatic amines is 1. The average molecular weight is 477 g/mol. The molecule has 35 heavy (non-hydrogen) atoms. The van der Waals surface area contributed by atoms with E-state index in [1.54, 1.807) is 50.6 Å². The summed E-state index contributed by atoms with van der Waals surface area (Å²) in [5.41, 5.74) is 1.26. The van der Waals surface area contributed by atoms with Crippen molar-refractivity contribution in [3.63, 3.8) is 0 Å². The highest BCUT2D eigenvalue weighted by Crippen LogP contribution is 2.33. The van der Waals surface area contributed by atoms with Crippen LogP contribution >= 0.6 is 0 Å². The van der Waals surface area contributed by atoms with E-state index in [0.717, 1.165) is 18.7 Å². The van der Waals surface area contributed by atoms with Gasteiger partial charge in [-0.1, -0.05) is 0 Å². The lowest BCUT2D eigenvalue weighted by Crippen LogP contribution is -2.46. The van der Waals surface area contributed by atoms with Crippen LogP contribution < -0.4 is 15.8 Å². The Kier molecular flexibility index (Phi) is 5.50. The molecule has 0 amide bonds. The molecule has 180 valence electrons. The molecule has 0 aliphatic carbocycles. The third-order valence-corrected chi connectivity index (χ3v) is 6.72. The molecule has 4 aromatic rings. The molecule has 1 unspecified atom stereocenters. The van der Waals surface area contributed by atoms with Crippen molar-refractivity contribution in [3.8, 4) is 11.3 Å². The molecule has 1 saturated heterocycles. The summed E-state index contributed by atoms with van der Waals surface area (Å²) in [6, 6.07) is 10.1. The number of benzene rings is 1. The van der Waals surface area contributed by atoms with Crippen molar-refractivity contribution in [1.29, 1.82) is 0 Å². The summed E-state index contributed by atoms with van der Waals surface area (Å²) >= 11 is 0. The first kappa shape index (κ1) is 22.6. The third-order valence-electron chi connectivity index (χ3n) is 6.72. The van der Waals surface area contributed by atoms with E-state index in [1.165, 1.54) is 10.6 Å². The van der Waals surface area contributed by atoms with Gasteiger partial charge < -0.3 is 19.9 Å². The van der Waals surface area contributed by atoms with Crippen LogP contribution in [0.2, 0.25) is 0 Å². The lowest BCUT2D eigenvalue weighted by Gasteiger charge is -2.38. The first-order chi connectivity index (χ1) is 16.8. The van der Waals surface area contributed by atoms with E-state index in [-0.39, 0.29) is 11.2 Å². The van der Waals surface area contributed by atoms with Crippen molar-refractivity contribution in [3.05, 3.63) is 65.0 Å². The first-order valence-electron chi connectivity index (χ1n) is 11.3. The Morgan fingerprint density at radius 2 is 2.09 bits per heavy atom. The SMILES string of the molecule is Cn1c(=O)c(Nc2ccc(N3CCCC(C)(C(=O)O)C3)cn2)cc2c(F)c(-c3ccn[nH]3)ccc21. The number of H-pyrrole nitrogens is 1. The van der Waals surface area contributed by atoms with Gasteiger partial charge in [0.15, 0.2) is 0 Å². The van der Waals surface area contributed by atoms with Crippen LogP contribution in [0, 0.1) is 11.2 Å². The molecule has 5 rings (SSSR count). The van der Waals surface area contributed by atoms with Gasteiger partial charge in [0.05, 0.1) is 28.5 Å². The van der Waals surface area contributed by atoms with Gasteiger partial charge in [-0.05, 0) is 56.2 Å². The number of aromatic nitrogens is 4. The number of nitrogens with zero attached hydrogens (tertiary/aromatic N) is 4. The van der Waals surface area contributed by atoms with Crippen LogP contribution in [-0.2, 0) is 11.8 Å². The largest absolute Gasteiger partial charge is 0.481 e. The molecule has 9 nitrogen and oxygen atoms in total. The molecule has 3 aromatic heterocycles. The van der Waals surface area contributed by atoms with Crippen LogP contribution in [0.15, 0.2) is 53.6 Å². The second-order valence-corrected chi connectivity index (χ2v) is 9.17.